The lowest BCUT2D eigenvalue weighted by atomic mass is 9.88. The number of rotatable bonds is 3. The van der Waals surface area contributed by atoms with Crippen LogP contribution in [-0.4, -0.2) is 42.9 Å². The van der Waals surface area contributed by atoms with Crippen molar-refractivity contribution in [1.29, 1.82) is 0 Å². The number of Topliss-reactive ketones (excluding diaryl/α,β-unsaturated/α-hetero) is 1. The van der Waals surface area contributed by atoms with Gasteiger partial charge in [0.2, 0.25) is 0 Å². The molecule has 0 N–H and O–H groups in total. The highest BCUT2D eigenvalue weighted by atomic mass is 35.5. The molecule has 0 aliphatic carbocycles. The number of benzene rings is 2. The predicted octanol–water partition coefficient (Wildman–Crippen LogP) is 5.15. The van der Waals surface area contributed by atoms with E-state index in [1.807, 2.05) is 0 Å². The van der Waals surface area contributed by atoms with Crippen LogP contribution in [0.25, 0.3) is 0 Å². The van der Waals surface area contributed by atoms with Crippen LogP contribution in [0.15, 0.2) is 30.3 Å². The molecule has 152 valence electrons. The zero-order valence-corrected chi connectivity index (χ0v) is 17.7. The zero-order chi connectivity index (χ0) is 20.5. The summed E-state index contributed by atoms with van der Waals surface area (Å²) < 4.78 is 11.0. The van der Waals surface area contributed by atoms with Crippen molar-refractivity contribution in [1.82, 2.24) is 4.90 Å². The van der Waals surface area contributed by atoms with Crippen LogP contribution in [0.4, 0.5) is 0 Å². The number of halogens is 3. The Balaban J connectivity index is 1.43. The van der Waals surface area contributed by atoms with E-state index in [-0.39, 0.29) is 17.6 Å². The van der Waals surface area contributed by atoms with Gasteiger partial charge in [-0.2, -0.15) is 0 Å². The Bertz CT molecular complexity index is 971. The highest BCUT2D eigenvalue weighted by Crippen LogP contribution is 2.39. The third kappa shape index (κ3) is 4.18. The summed E-state index contributed by atoms with van der Waals surface area (Å²) >= 11 is 18.2. The van der Waals surface area contributed by atoms with Crippen LogP contribution in [0.1, 0.15) is 33.6 Å². The van der Waals surface area contributed by atoms with Crippen molar-refractivity contribution in [2.24, 2.45) is 5.92 Å². The highest BCUT2D eigenvalue weighted by Gasteiger charge is 2.29. The Labute approximate surface area is 183 Å². The molecule has 0 bridgehead atoms. The second-order valence-corrected chi connectivity index (χ2v) is 8.26. The van der Waals surface area contributed by atoms with Gasteiger partial charge in [0.25, 0.3) is 5.91 Å². The molecule has 2 aliphatic heterocycles. The topological polar surface area (TPSA) is 55.8 Å². The summed E-state index contributed by atoms with van der Waals surface area (Å²) in [4.78, 5) is 27.4. The van der Waals surface area contributed by atoms with Gasteiger partial charge in [-0.15, -0.1) is 0 Å². The molecule has 29 heavy (non-hydrogen) atoms. The number of carbonyl (C=O) groups excluding carboxylic acids is 2. The highest BCUT2D eigenvalue weighted by molar-refractivity contribution is 6.42. The van der Waals surface area contributed by atoms with Gasteiger partial charge in [0, 0.05) is 30.1 Å². The fourth-order valence-corrected chi connectivity index (χ4v) is 4.21. The van der Waals surface area contributed by atoms with Crippen LogP contribution in [0.2, 0.25) is 15.1 Å². The molecule has 1 fully saturated rings. The minimum absolute atomic E-state index is 0.0260. The second kappa shape index (κ2) is 8.42. The van der Waals surface area contributed by atoms with Gasteiger partial charge in [0.1, 0.15) is 13.2 Å². The molecule has 2 aromatic carbocycles. The molecule has 2 aromatic rings. The van der Waals surface area contributed by atoms with E-state index in [1.54, 1.807) is 35.2 Å². The van der Waals surface area contributed by atoms with E-state index in [2.05, 4.69) is 0 Å². The van der Waals surface area contributed by atoms with E-state index in [9.17, 15) is 9.59 Å². The first kappa shape index (κ1) is 20.3. The first-order chi connectivity index (χ1) is 13.9. The molecule has 1 saturated heterocycles. The largest absolute Gasteiger partial charge is 0.486 e. The van der Waals surface area contributed by atoms with E-state index in [0.29, 0.717) is 76.8 Å². The van der Waals surface area contributed by atoms with Crippen LogP contribution in [0, 0.1) is 5.92 Å². The first-order valence-electron chi connectivity index (χ1n) is 9.31. The van der Waals surface area contributed by atoms with E-state index < -0.39 is 0 Å². The molecule has 5 nitrogen and oxygen atoms in total. The zero-order valence-electron chi connectivity index (χ0n) is 15.4. The van der Waals surface area contributed by atoms with Gasteiger partial charge < -0.3 is 14.4 Å². The number of likely N-dealkylation sites (tertiary alicyclic amines) is 1. The average Bonchev–Trinajstić information content (AvgIpc) is 2.75. The number of carbonyl (C=O) groups is 2. The molecular formula is C21H18Cl3NO4. The quantitative estimate of drug-likeness (QED) is 0.602. The average molecular weight is 455 g/mol. The van der Waals surface area contributed by atoms with Crippen LogP contribution < -0.4 is 9.47 Å². The molecule has 0 aromatic heterocycles. The van der Waals surface area contributed by atoms with Crippen LogP contribution in [0.5, 0.6) is 11.5 Å². The number of ether oxygens (including phenoxy) is 2. The van der Waals surface area contributed by atoms with Gasteiger partial charge in [0.05, 0.1) is 15.1 Å². The smallest absolute Gasteiger partial charge is 0.254 e. The van der Waals surface area contributed by atoms with Crippen molar-refractivity contribution in [2.45, 2.75) is 12.8 Å². The SMILES string of the molecule is O=C(c1ccc(Cl)c(Cl)c1)C1CCN(C(=O)c2cc(Cl)c3c(c2)OCCO3)CC1. The second-order valence-electron chi connectivity index (χ2n) is 7.04. The fourth-order valence-electron chi connectivity index (χ4n) is 3.65. The number of fused-ring (bicyclic) bond motifs is 1. The molecular weight excluding hydrogens is 437 g/mol. The van der Waals surface area contributed by atoms with E-state index >= 15 is 0 Å². The molecule has 8 heteroatoms. The van der Waals surface area contributed by atoms with Crippen LogP contribution >= 0.6 is 34.8 Å². The van der Waals surface area contributed by atoms with Crippen molar-refractivity contribution in [3.8, 4) is 11.5 Å². The predicted molar refractivity (Wildman–Crippen MR) is 112 cm³/mol. The summed E-state index contributed by atoms with van der Waals surface area (Å²) in [6.45, 7) is 1.83. The third-order valence-corrected chi connectivity index (χ3v) is 6.22. The van der Waals surface area contributed by atoms with Crippen LogP contribution in [0.3, 0.4) is 0 Å². The lowest BCUT2D eigenvalue weighted by Crippen LogP contribution is -2.40. The Morgan fingerprint density at radius 3 is 2.28 bits per heavy atom. The molecule has 0 spiro atoms. The van der Waals surface area contributed by atoms with E-state index in [4.69, 9.17) is 44.3 Å². The Morgan fingerprint density at radius 2 is 1.55 bits per heavy atom. The standard InChI is InChI=1S/C21H18Cl3NO4/c22-15-2-1-13(9-16(15)23)19(26)12-3-5-25(6-4-12)21(27)14-10-17(24)20-18(11-14)28-7-8-29-20/h1-2,9-12H,3-8H2. The van der Waals surface area contributed by atoms with Crippen molar-refractivity contribution in [2.75, 3.05) is 26.3 Å². The molecule has 0 unspecified atom stereocenters. The Hall–Kier alpha value is -1.95. The monoisotopic (exact) mass is 453 g/mol. The third-order valence-electron chi connectivity index (χ3n) is 5.20. The number of hydrogen-bond donors (Lipinski definition) is 0. The minimum Gasteiger partial charge on any atom is -0.486 e. The number of hydrogen-bond acceptors (Lipinski definition) is 4. The maximum Gasteiger partial charge on any atom is 0.254 e. The lowest BCUT2D eigenvalue weighted by Gasteiger charge is -2.31. The van der Waals surface area contributed by atoms with Crippen molar-refractivity contribution >= 4 is 46.5 Å². The van der Waals surface area contributed by atoms with Gasteiger partial charge in [-0.3, -0.25) is 9.59 Å². The molecule has 2 heterocycles. The Morgan fingerprint density at radius 1 is 0.862 bits per heavy atom. The van der Waals surface area contributed by atoms with Crippen molar-refractivity contribution in [3.05, 3.63) is 56.5 Å². The van der Waals surface area contributed by atoms with Gasteiger partial charge >= 0.3 is 0 Å². The maximum absolute atomic E-state index is 12.9. The summed E-state index contributed by atoms with van der Waals surface area (Å²) in [5, 5.41) is 1.14. The number of nitrogens with zero attached hydrogens (tertiary/aromatic N) is 1. The van der Waals surface area contributed by atoms with Gasteiger partial charge in [0.15, 0.2) is 17.3 Å². The lowest BCUT2D eigenvalue weighted by molar-refractivity contribution is 0.0649. The summed E-state index contributed by atoms with van der Waals surface area (Å²) in [7, 11) is 0. The van der Waals surface area contributed by atoms with Gasteiger partial charge in [-0.05, 0) is 43.2 Å². The molecule has 0 saturated carbocycles. The number of piperidine rings is 1. The van der Waals surface area contributed by atoms with Crippen molar-refractivity contribution < 1.29 is 19.1 Å². The summed E-state index contributed by atoms with van der Waals surface area (Å²) in [5.74, 6) is 0.694. The minimum atomic E-state index is -0.153. The Kier molecular flexibility index (Phi) is 5.91. The molecule has 1 amide bonds. The molecule has 4 rings (SSSR count). The number of amides is 1. The molecule has 0 radical (unpaired) electrons. The number of ketones is 1. The fraction of sp³-hybridized carbons (Fsp3) is 0.333. The van der Waals surface area contributed by atoms with Crippen molar-refractivity contribution in [3.63, 3.8) is 0 Å². The van der Waals surface area contributed by atoms with Gasteiger partial charge in [-0.1, -0.05) is 34.8 Å². The maximum atomic E-state index is 12.9. The van der Waals surface area contributed by atoms with E-state index in [1.165, 1.54) is 0 Å². The molecule has 2 aliphatic rings. The normalized spacial score (nSPS) is 16.6. The summed E-state index contributed by atoms with van der Waals surface area (Å²) in [5.41, 5.74) is 0.997. The van der Waals surface area contributed by atoms with E-state index in [0.717, 1.165) is 0 Å². The summed E-state index contributed by atoms with van der Waals surface area (Å²) in [6, 6.07) is 8.17. The van der Waals surface area contributed by atoms with Crippen LogP contribution in [-0.2, 0) is 0 Å². The first-order valence-corrected chi connectivity index (χ1v) is 10.4. The molecule has 0 atom stereocenters. The van der Waals surface area contributed by atoms with Gasteiger partial charge in [-0.25, -0.2) is 0 Å². The summed E-state index contributed by atoms with van der Waals surface area (Å²) in [6.07, 6.45) is 1.17.